The van der Waals surface area contributed by atoms with Gasteiger partial charge in [0.25, 0.3) is 0 Å². The maximum Gasteiger partial charge on any atom is 0.330 e. The molecule has 10 atom stereocenters. The van der Waals surface area contributed by atoms with E-state index in [1.165, 1.54) is 21.0 Å². The highest BCUT2D eigenvalue weighted by atomic mass is 16.7. The van der Waals surface area contributed by atoms with Crippen molar-refractivity contribution in [3.8, 4) is 0 Å². The molecule has 4 heterocycles. The van der Waals surface area contributed by atoms with Gasteiger partial charge in [-0.15, -0.1) is 0 Å². The highest BCUT2D eigenvalue weighted by Gasteiger charge is 2.57. The quantitative estimate of drug-likeness (QED) is 0.173. The molecule has 0 spiro atoms. The number of aliphatic hydroxyl groups is 3. The molecule has 3 fully saturated rings. The average Bonchev–Trinajstić information content (AvgIpc) is 2.96. The van der Waals surface area contributed by atoms with Crippen LogP contribution in [0.1, 0.15) is 85.5 Å². The smallest absolute Gasteiger partial charge is 0.330 e. The van der Waals surface area contributed by atoms with Crippen LogP contribution in [0.2, 0.25) is 0 Å². The summed E-state index contributed by atoms with van der Waals surface area (Å²) in [4.78, 5) is 37.9. The van der Waals surface area contributed by atoms with E-state index in [4.69, 9.17) is 28.4 Å². The number of ether oxygens (including phenoxy) is 6. The van der Waals surface area contributed by atoms with Gasteiger partial charge in [-0.05, 0) is 44.6 Å². The van der Waals surface area contributed by atoms with Gasteiger partial charge in [-0.25, -0.2) is 4.79 Å². The number of rotatable bonds is 3. The van der Waals surface area contributed by atoms with Crippen molar-refractivity contribution < 1.29 is 58.1 Å². The van der Waals surface area contributed by atoms with E-state index in [2.05, 4.69) is 13.2 Å². The van der Waals surface area contributed by atoms with Crippen LogP contribution in [0.15, 0.2) is 48.1 Å². The number of carbonyl (C=O) groups is 3. The number of esters is 3. The Bertz CT molecular complexity index is 1280. The fourth-order valence-electron chi connectivity index (χ4n) is 7.08. The monoisotopic (exact) mass is 676 g/mol. The second-order valence-electron chi connectivity index (χ2n) is 14.3. The van der Waals surface area contributed by atoms with Gasteiger partial charge in [0.15, 0.2) is 6.10 Å². The van der Waals surface area contributed by atoms with Crippen molar-refractivity contribution in [2.45, 2.75) is 146 Å². The summed E-state index contributed by atoms with van der Waals surface area (Å²) >= 11 is 0. The van der Waals surface area contributed by atoms with Crippen molar-refractivity contribution in [3.63, 3.8) is 0 Å². The van der Waals surface area contributed by atoms with Crippen LogP contribution in [0, 0.1) is 5.41 Å². The number of carbonyl (C=O) groups excluding carboxylic acids is 3. The Balaban J connectivity index is 1.76. The maximum atomic E-state index is 13.0. The molecule has 3 saturated heterocycles. The second kappa shape index (κ2) is 15.8. The lowest BCUT2D eigenvalue weighted by Gasteiger charge is -2.51. The summed E-state index contributed by atoms with van der Waals surface area (Å²) in [6, 6.07) is 0. The lowest BCUT2D eigenvalue weighted by molar-refractivity contribution is -0.327. The van der Waals surface area contributed by atoms with Gasteiger partial charge >= 0.3 is 17.9 Å². The first-order chi connectivity index (χ1) is 22.5. The standard InChI is InChI=1S/C36H52O12/c1-20-10-26-8-9-35(5,6)36(42)34(44-23(4)38)24(15-32(40)43-7)14-30(48-36)19-31(22(3)37)47-33(41)17-25(39)16-27-11-21(2)13-29(46-27)18-28(12-20)45-26/h8-9,15,22,25-31,34,37,39,42H,1-2,10-14,16-19H2,3-7H3/b9-8+,24-15+/t22-,25-,26+,27?,28+,29-,30+,31-,34+,36-/m1/s1. The van der Waals surface area contributed by atoms with Crippen LogP contribution in [0.5, 0.6) is 0 Å². The third-order valence-electron chi connectivity index (χ3n) is 9.51. The van der Waals surface area contributed by atoms with Gasteiger partial charge in [-0.2, -0.15) is 0 Å². The third kappa shape index (κ3) is 9.64. The molecule has 0 aliphatic carbocycles. The fraction of sp³-hybridized carbons (Fsp3) is 0.694. The molecule has 0 aromatic rings. The van der Waals surface area contributed by atoms with E-state index in [1.54, 1.807) is 19.9 Å². The molecule has 1 unspecified atom stereocenters. The molecular weight excluding hydrogens is 624 g/mol. The zero-order valence-corrected chi connectivity index (χ0v) is 28.7. The van der Waals surface area contributed by atoms with E-state index in [9.17, 15) is 29.7 Å². The van der Waals surface area contributed by atoms with Crippen LogP contribution in [0.3, 0.4) is 0 Å². The van der Waals surface area contributed by atoms with E-state index in [1.807, 2.05) is 6.08 Å². The number of hydrogen-bond acceptors (Lipinski definition) is 12. The molecule has 3 N–H and O–H groups in total. The summed E-state index contributed by atoms with van der Waals surface area (Å²) in [5, 5.41) is 33.9. The second-order valence-corrected chi connectivity index (χ2v) is 14.3. The Morgan fingerprint density at radius 2 is 1.60 bits per heavy atom. The first-order valence-corrected chi connectivity index (χ1v) is 16.7. The largest absolute Gasteiger partial charge is 0.466 e. The minimum atomic E-state index is -2.24. The lowest BCUT2D eigenvalue weighted by Crippen LogP contribution is -2.62. The maximum absolute atomic E-state index is 13.0. The number of fused-ring (bicyclic) bond motifs is 6. The van der Waals surface area contributed by atoms with Crippen molar-refractivity contribution in [2.24, 2.45) is 5.41 Å². The summed E-state index contributed by atoms with van der Waals surface area (Å²) in [5.74, 6) is -4.41. The van der Waals surface area contributed by atoms with Gasteiger partial charge in [-0.3, -0.25) is 9.59 Å². The highest BCUT2D eigenvalue weighted by molar-refractivity contribution is 5.83. The average molecular weight is 677 g/mol. The Morgan fingerprint density at radius 1 is 0.979 bits per heavy atom. The fourth-order valence-corrected chi connectivity index (χ4v) is 7.08. The minimum Gasteiger partial charge on any atom is -0.466 e. The number of aliphatic hydroxyl groups excluding tert-OH is 2. The first-order valence-electron chi connectivity index (χ1n) is 16.7. The summed E-state index contributed by atoms with van der Waals surface area (Å²) in [5.41, 5.74) is 0.954. The van der Waals surface area contributed by atoms with E-state index in [0.29, 0.717) is 32.1 Å². The van der Waals surface area contributed by atoms with Crippen molar-refractivity contribution in [1.29, 1.82) is 0 Å². The van der Waals surface area contributed by atoms with Crippen LogP contribution in [-0.2, 0) is 42.8 Å². The highest BCUT2D eigenvalue weighted by Crippen LogP contribution is 2.47. The summed E-state index contributed by atoms with van der Waals surface area (Å²) in [6.45, 7) is 14.5. The summed E-state index contributed by atoms with van der Waals surface area (Å²) in [7, 11) is 1.20. The van der Waals surface area contributed by atoms with Crippen LogP contribution in [0.25, 0.3) is 0 Å². The van der Waals surface area contributed by atoms with Crippen molar-refractivity contribution >= 4 is 17.9 Å². The third-order valence-corrected chi connectivity index (χ3v) is 9.51. The molecule has 268 valence electrons. The van der Waals surface area contributed by atoms with Crippen molar-refractivity contribution in [3.05, 3.63) is 48.1 Å². The molecular formula is C36H52O12. The molecule has 4 rings (SSSR count). The molecule has 0 aromatic heterocycles. The molecule has 4 aliphatic heterocycles. The van der Waals surface area contributed by atoms with E-state index >= 15 is 0 Å². The molecule has 0 aromatic carbocycles. The van der Waals surface area contributed by atoms with Gasteiger partial charge in [0, 0.05) is 37.7 Å². The lowest BCUT2D eigenvalue weighted by atomic mass is 9.74. The van der Waals surface area contributed by atoms with Gasteiger partial charge in [0.1, 0.15) is 6.10 Å². The predicted octanol–water partition coefficient (Wildman–Crippen LogP) is 3.51. The van der Waals surface area contributed by atoms with Crippen LogP contribution >= 0.6 is 0 Å². The summed E-state index contributed by atoms with van der Waals surface area (Å²) < 4.78 is 35.3. The number of hydrogen-bond donors (Lipinski definition) is 3. The topological polar surface area (TPSA) is 167 Å². The molecule has 6 bridgehead atoms. The zero-order valence-electron chi connectivity index (χ0n) is 28.7. The van der Waals surface area contributed by atoms with E-state index in [0.717, 1.165) is 17.2 Å². The van der Waals surface area contributed by atoms with Crippen molar-refractivity contribution in [2.75, 3.05) is 7.11 Å². The molecule has 4 aliphatic rings. The molecule has 0 saturated carbocycles. The normalized spacial score (nSPS) is 38.7. The van der Waals surface area contributed by atoms with E-state index < -0.39 is 59.6 Å². The van der Waals surface area contributed by atoms with Gasteiger partial charge in [-0.1, -0.05) is 50.3 Å². The minimum absolute atomic E-state index is 0.0180. The molecule has 48 heavy (non-hydrogen) atoms. The van der Waals surface area contributed by atoms with Gasteiger partial charge in [0.05, 0.1) is 56.3 Å². The van der Waals surface area contributed by atoms with Crippen LogP contribution in [0.4, 0.5) is 0 Å². The van der Waals surface area contributed by atoms with Crippen LogP contribution in [-0.4, -0.2) is 101 Å². The molecule has 12 heteroatoms. The van der Waals surface area contributed by atoms with Gasteiger partial charge in [0.2, 0.25) is 5.79 Å². The Kier molecular flexibility index (Phi) is 12.5. The number of cyclic esters (lactones) is 1. The van der Waals surface area contributed by atoms with Crippen molar-refractivity contribution in [1.82, 2.24) is 0 Å². The van der Waals surface area contributed by atoms with Crippen LogP contribution < -0.4 is 0 Å². The van der Waals surface area contributed by atoms with Gasteiger partial charge < -0.3 is 43.7 Å². The Morgan fingerprint density at radius 3 is 2.23 bits per heavy atom. The first kappa shape index (κ1) is 37.9. The molecule has 0 radical (unpaired) electrons. The SMILES string of the molecule is C=C1CC2C[C@@H](O)CC(=O)O[C@@H]([C@@H](C)O)C[C@@H]3C/C(=C\C(=O)OC)[C@H](OC(C)=O)[C@@](O)(O3)C(C)(C)/C=C/[C@H]3CC(=C)C[C@@H](C[C@@H](C1)O2)O3. The Hall–Kier alpha value is -2.87. The van der Waals surface area contributed by atoms with E-state index in [-0.39, 0.29) is 55.7 Å². The number of methoxy groups -OCH3 is 1. The summed E-state index contributed by atoms with van der Waals surface area (Å²) in [6.07, 6.45) is 0.704. The predicted molar refractivity (Wildman–Crippen MR) is 173 cm³/mol. The molecule has 12 nitrogen and oxygen atoms in total. The zero-order chi connectivity index (χ0) is 35.4. The molecule has 0 amide bonds. The Labute approximate surface area is 282 Å².